The summed E-state index contributed by atoms with van der Waals surface area (Å²) in [6, 6.07) is 0. The number of ether oxygens (including phenoxy) is 2. The summed E-state index contributed by atoms with van der Waals surface area (Å²) in [6.07, 6.45) is 0.0413. The Labute approximate surface area is 94.7 Å². The van der Waals surface area contributed by atoms with Gasteiger partial charge in [0, 0.05) is 13.1 Å². The first-order chi connectivity index (χ1) is 7.74. The quantitative estimate of drug-likeness (QED) is 0.417. The molecule has 1 fully saturated rings. The van der Waals surface area contributed by atoms with Gasteiger partial charge in [-0.2, -0.15) is 0 Å². The maximum Gasteiger partial charge on any atom is 0.230 e. The molecule has 0 aliphatic carbocycles. The van der Waals surface area contributed by atoms with Crippen molar-refractivity contribution in [3.8, 4) is 0 Å². The highest BCUT2D eigenvalue weighted by Crippen LogP contribution is 2.05. The fraction of sp³-hybridized carbons (Fsp3) is 0.800. The highest BCUT2D eigenvalue weighted by atomic mass is 16.5. The average molecular weight is 230 g/mol. The lowest BCUT2D eigenvalue weighted by molar-refractivity contribution is -0.128. The lowest BCUT2D eigenvalue weighted by Gasteiger charge is -2.14. The van der Waals surface area contributed by atoms with E-state index in [9.17, 15) is 9.59 Å². The summed E-state index contributed by atoms with van der Waals surface area (Å²) in [4.78, 5) is 23.7. The van der Waals surface area contributed by atoms with Crippen LogP contribution in [0.1, 0.15) is 6.42 Å². The molecule has 6 heteroatoms. The third kappa shape index (κ3) is 4.69. The Kier molecular flexibility index (Phi) is 5.99. The molecule has 0 bridgehead atoms. The van der Waals surface area contributed by atoms with E-state index in [-0.39, 0.29) is 24.7 Å². The number of ketones is 1. The molecule has 1 saturated heterocycles. The van der Waals surface area contributed by atoms with E-state index >= 15 is 0 Å². The van der Waals surface area contributed by atoms with Crippen LogP contribution in [0.2, 0.25) is 0 Å². The van der Waals surface area contributed by atoms with E-state index < -0.39 is 0 Å². The monoisotopic (exact) mass is 230 g/mol. The van der Waals surface area contributed by atoms with E-state index in [1.54, 1.807) is 0 Å². The van der Waals surface area contributed by atoms with Crippen molar-refractivity contribution in [2.45, 2.75) is 6.42 Å². The first-order valence-corrected chi connectivity index (χ1v) is 5.39. The summed E-state index contributed by atoms with van der Waals surface area (Å²) in [6.45, 7) is 3.16. The molecule has 0 spiro atoms. The molecule has 1 amide bonds. The zero-order valence-electron chi connectivity index (χ0n) is 9.31. The number of hydrogen-bond acceptors (Lipinski definition) is 5. The lowest BCUT2D eigenvalue weighted by atomic mass is 10.3. The first kappa shape index (κ1) is 13.1. The number of rotatable bonds is 8. The molecule has 0 radical (unpaired) electrons. The van der Waals surface area contributed by atoms with E-state index in [0.717, 1.165) is 0 Å². The van der Waals surface area contributed by atoms with Crippen LogP contribution in [0.15, 0.2) is 0 Å². The Morgan fingerprint density at radius 3 is 2.38 bits per heavy atom. The average Bonchev–Trinajstić information content (AvgIpc) is 2.56. The van der Waals surface area contributed by atoms with Gasteiger partial charge in [-0.3, -0.25) is 9.59 Å². The summed E-state index contributed by atoms with van der Waals surface area (Å²) in [5.41, 5.74) is 5.24. The van der Waals surface area contributed by atoms with Crippen molar-refractivity contribution >= 4 is 11.7 Å². The Bertz CT molecular complexity index is 245. The Hall–Kier alpha value is -0.980. The molecule has 92 valence electrons. The molecule has 0 atom stereocenters. The second-order valence-corrected chi connectivity index (χ2v) is 3.54. The SMILES string of the molecule is NCCOCCOCCN1CC(=O)CC1=O. The molecule has 0 aromatic heterocycles. The Morgan fingerprint density at radius 1 is 1.12 bits per heavy atom. The van der Waals surface area contributed by atoms with E-state index in [1.165, 1.54) is 4.90 Å². The van der Waals surface area contributed by atoms with Crippen molar-refractivity contribution < 1.29 is 19.1 Å². The summed E-state index contributed by atoms with van der Waals surface area (Å²) < 4.78 is 10.4. The van der Waals surface area contributed by atoms with Crippen molar-refractivity contribution in [1.82, 2.24) is 4.90 Å². The largest absolute Gasteiger partial charge is 0.378 e. The van der Waals surface area contributed by atoms with Gasteiger partial charge in [-0.15, -0.1) is 0 Å². The van der Waals surface area contributed by atoms with Gasteiger partial charge >= 0.3 is 0 Å². The van der Waals surface area contributed by atoms with E-state index in [1.807, 2.05) is 0 Å². The lowest BCUT2D eigenvalue weighted by Crippen LogP contribution is -2.29. The van der Waals surface area contributed by atoms with E-state index in [0.29, 0.717) is 39.5 Å². The zero-order valence-corrected chi connectivity index (χ0v) is 9.31. The minimum Gasteiger partial charge on any atom is -0.378 e. The van der Waals surface area contributed by atoms with Gasteiger partial charge in [-0.05, 0) is 0 Å². The summed E-state index contributed by atoms with van der Waals surface area (Å²) in [7, 11) is 0. The number of nitrogens with zero attached hydrogens (tertiary/aromatic N) is 1. The van der Waals surface area contributed by atoms with Crippen molar-refractivity contribution in [3.63, 3.8) is 0 Å². The van der Waals surface area contributed by atoms with Crippen molar-refractivity contribution in [2.24, 2.45) is 5.73 Å². The summed E-state index contributed by atoms with van der Waals surface area (Å²) in [5.74, 6) is -0.121. The van der Waals surface area contributed by atoms with Gasteiger partial charge < -0.3 is 20.1 Å². The van der Waals surface area contributed by atoms with Gasteiger partial charge in [0.25, 0.3) is 0 Å². The molecular weight excluding hydrogens is 212 g/mol. The van der Waals surface area contributed by atoms with Gasteiger partial charge in [0.2, 0.25) is 5.91 Å². The summed E-state index contributed by atoms with van der Waals surface area (Å²) in [5, 5.41) is 0. The molecule has 0 saturated carbocycles. The highest BCUT2D eigenvalue weighted by molar-refractivity contribution is 6.05. The van der Waals surface area contributed by atoms with Gasteiger partial charge in [0.05, 0.1) is 39.4 Å². The van der Waals surface area contributed by atoms with Crippen molar-refractivity contribution in [1.29, 1.82) is 0 Å². The molecule has 16 heavy (non-hydrogen) atoms. The van der Waals surface area contributed by atoms with Crippen LogP contribution in [0.5, 0.6) is 0 Å². The second-order valence-electron chi connectivity index (χ2n) is 3.54. The normalized spacial score (nSPS) is 16.2. The van der Waals surface area contributed by atoms with Crippen LogP contribution < -0.4 is 5.73 Å². The zero-order chi connectivity index (χ0) is 11.8. The number of nitrogens with two attached hydrogens (primary N) is 1. The third-order valence-electron chi connectivity index (χ3n) is 2.21. The molecule has 6 nitrogen and oxygen atoms in total. The molecule has 1 aliphatic heterocycles. The van der Waals surface area contributed by atoms with E-state index in [4.69, 9.17) is 15.2 Å². The molecule has 1 heterocycles. The molecule has 1 rings (SSSR count). The molecule has 1 aliphatic rings. The predicted molar refractivity (Wildman–Crippen MR) is 56.9 cm³/mol. The topological polar surface area (TPSA) is 81.9 Å². The van der Waals surface area contributed by atoms with Gasteiger partial charge in [-0.25, -0.2) is 0 Å². The minimum atomic E-state index is -0.104. The maximum absolute atomic E-state index is 11.2. The van der Waals surface area contributed by atoms with Gasteiger partial charge in [0.15, 0.2) is 5.78 Å². The van der Waals surface area contributed by atoms with Crippen LogP contribution in [-0.4, -0.2) is 62.7 Å². The standard InChI is InChI=1S/C10H18N2O4/c11-1-3-15-5-6-16-4-2-12-8-9(13)7-10(12)14/h1-8,11H2. The van der Waals surface area contributed by atoms with Crippen molar-refractivity contribution in [2.75, 3.05) is 46.1 Å². The van der Waals surface area contributed by atoms with E-state index in [2.05, 4.69) is 0 Å². The fourth-order valence-electron chi connectivity index (χ4n) is 1.42. The van der Waals surface area contributed by atoms with Crippen LogP contribution >= 0.6 is 0 Å². The third-order valence-corrected chi connectivity index (χ3v) is 2.21. The predicted octanol–water partition coefficient (Wildman–Crippen LogP) is -1.22. The summed E-state index contributed by atoms with van der Waals surface area (Å²) >= 11 is 0. The number of carbonyl (C=O) groups excluding carboxylic acids is 2. The number of Topliss-reactive ketones (excluding diaryl/α,β-unsaturated/α-hetero) is 1. The maximum atomic E-state index is 11.2. The second kappa shape index (κ2) is 7.32. The first-order valence-electron chi connectivity index (χ1n) is 5.39. The Balaban J connectivity index is 1.95. The van der Waals surface area contributed by atoms with Crippen molar-refractivity contribution in [3.05, 3.63) is 0 Å². The fourth-order valence-corrected chi connectivity index (χ4v) is 1.42. The van der Waals surface area contributed by atoms with Gasteiger partial charge in [-0.1, -0.05) is 0 Å². The van der Waals surface area contributed by atoms with Gasteiger partial charge in [0.1, 0.15) is 0 Å². The van der Waals surface area contributed by atoms with Crippen LogP contribution in [0.4, 0.5) is 0 Å². The van der Waals surface area contributed by atoms with Crippen LogP contribution in [0, 0.1) is 0 Å². The minimum absolute atomic E-state index is 0.0173. The molecular formula is C10H18N2O4. The van der Waals surface area contributed by atoms with Crippen LogP contribution in [-0.2, 0) is 19.1 Å². The molecule has 2 N–H and O–H groups in total. The molecule has 0 unspecified atom stereocenters. The molecule has 0 aromatic rings. The van der Waals surface area contributed by atoms with Crippen LogP contribution in [0.3, 0.4) is 0 Å². The van der Waals surface area contributed by atoms with Crippen LogP contribution in [0.25, 0.3) is 0 Å². The smallest absolute Gasteiger partial charge is 0.230 e. The number of amides is 1. The number of likely N-dealkylation sites (tertiary alicyclic amines) is 1. The number of carbonyl (C=O) groups is 2. The highest BCUT2D eigenvalue weighted by Gasteiger charge is 2.26. The number of hydrogen-bond donors (Lipinski definition) is 1. The Morgan fingerprint density at radius 2 is 1.81 bits per heavy atom. The molecule has 0 aromatic carbocycles.